The van der Waals surface area contributed by atoms with Crippen LogP contribution < -0.4 is 10.4 Å². The normalized spacial score (nSPS) is 19.3. The van der Waals surface area contributed by atoms with Gasteiger partial charge in [0.15, 0.2) is 5.13 Å². The molecule has 0 bridgehead atoms. The predicted octanol–water partition coefficient (Wildman–Crippen LogP) is 4.12. The molecule has 1 amide bonds. The van der Waals surface area contributed by atoms with Crippen molar-refractivity contribution in [2.24, 2.45) is 11.8 Å². The summed E-state index contributed by atoms with van der Waals surface area (Å²) in [6.45, 7) is 8.00. The molecule has 0 fully saturated rings. The molecule has 0 saturated carbocycles. The highest BCUT2D eigenvalue weighted by atomic mass is 32.1. The van der Waals surface area contributed by atoms with Gasteiger partial charge < -0.3 is 15.2 Å². The molecule has 1 aliphatic carbocycles. The van der Waals surface area contributed by atoms with Crippen molar-refractivity contribution in [3.8, 4) is 11.3 Å². The van der Waals surface area contributed by atoms with E-state index in [0.717, 1.165) is 40.1 Å². The first-order chi connectivity index (χ1) is 13.8. The van der Waals surface area contributed by atoms with Crippen LogP contribution in [0.15, 0.2) is 35.4 Å². The van der Waals surface area contributed by atoms with Crippen LogP contribution in [0.2, 0.25) is 0 Å². The Morgan fingerprint density at radius 1 is 1.10 bits per heavy atom. The van der Waals surface area contributed by atoms with Gasteiger partial charge in [-0.3, -0.25) is 4.79 Å². The molecular weight excluding hydrogens is 384 g/mol. The van der Waals surface area contributed by atoms with Crippen LogP contribution in [0.1, 0.15) is 50.5 Å². The molecule has 1 aromatic heterocycles. The zero-order valence-electron chi connectivity index (χ0n) is 17.4. The lowest BCUT2D eigenvalue weighted by atomic mass is 9.76. The van der Waals surface area contributed by atoms with E-state index in [0.29, 0.717) is 18.0 Å². The number of aliphatic carboxylic acids is 1. The number of rotatable bonds is 6. The smallest absolute Gasteiger partial charge is 0.230 e. The third-order valence-electron chi connectivity index (χ3n) is 5.70. The second-order valence-corrected chi connectivity index (χ2v) is 9.06. The fourth-order valence-corrected chi connectivity index (χ4v) is 4.69. The summed E-state index contributed by atoms with van der Waals surface area (Å²) in [6.07, 6.45) is 2.95. The monoisotopic (exact) mass is 411 g/mol. The molecule has 5 nitrogen and oxygen atoms in total. The Morgan fingerprint density at radius 3 is 2.31 bits per heavy atom. The Morgan fingerprint density at radius 2 is 1.72 bits per heavy atom. The van der Waals surface area contributed by atoms with Crippen LogP contribution in [0.25, 0.3) is 11.3 Å². The average Bonchev–Trinajstić information content (AvgIpc) is 3.04. The number of anilines is 1. The highest BCUT2D eigenvalue weighted by Crippen LogP contribution is 2.36. The summed E-state index contributed by atoms with van der Waals surface area (Å²) >= 11 is 1.41. The molecule has 1 heterocycles. The molecule has 2 aromatic rings. The molecule has 2 atom stereocenters. The van der Waals surface area contributed by atoms with Crippen LogP contribution >= 0.6 is 11.3 Å². The Bertz CT molecular complexity index is 944. The molecule has 0 radical (unpaired) electrons. The number of benzene rings is 1. The van der Waals surface area contributed by atoms with Crippen molar-refractivity contribution in [1.29, 1.82) is 0 Å². The maximum absolute atomic E-state index is 12.9. The minimum atomic E-state index is -1.17. The van der Waals surface area contributed by atoms with Crippen molar-refractivity contribution < 1.29 is 14.7 Å². The fraction of sp³-hybridized carbons (Fsp3) is 0.435. The summed E-state index contributed by atoms with van der Waals surface area (Å²) < 4.78 is 0. The number of nitrogens with zero attached hydrogens (tertiary/aromatic N) is 1. The van der Waals surface area contributed by atoms with Crippen molar-refractivity contribution in [2.75, 3.05) is 5.32 Å². The zero-order chi connectivity index (χ0) is 21.1. The third-order valence-corrected chi connectivity index (χ3v) is 6.58. The van der Waals surface area contributed by atoms with Gasteiger partial charge >= 0.3 is 0 Å². The van der Waals surface area contributed by atoms with Crippen LogP contribution in [0.5, 0.6) is 0 Å². The molecule has 0 aliphatic heterocycles. The van der Waals surface area contributed by atoms with Gasteiger partial charge in [0.05, 0.1) is 11.6 Å². The molecule has 0 saturated heterocycles. The summed E-state index contributed by atoms with van der Waals surface area (Å²) in [5, 5.41) is 14.9. The highest BCUT2D eigenvalue weighted by molar-refractivity contribution is 7.16. The largest absolute Gasteiger partial charge is 0.550 e. The first-order valence-electron chi connectivity index (χ1n) is 10.0. The van der Waals surface area contributed by atoms with Crippen molar-refractivity contribution in [3.05, 3.63) is 45.9 Å². The SMILES string of the molecule is CCCc1ccc(-c2nc(NC(=O)[C@H]3CC(C)=C(C)C[C@H]3C(=O)[O-])sc2C)cc1. The Labute approximate surface area is 175 Å². The van der Waals surface area contributed by atoms with Crippen LogP contribution in [0, 0.1) is 18.8 Å². The van der Waals surface area contributed by atoms with Gasteiger partial charge in [0, 0.05) is 22.3 Å². The first-order valence-corrected chi connectivity index (χ1v) is 10.9. The number of thiazole rings is 1. The number of nitrogens with one attached hydrogen (secondary N) is 1. The van der Waals surface area contributed by atoms with Crippen molar-refractivity contribution >= 4 is 28.3 Å². The van der Waals surface area contributed by atoms with Crippen molar-refractivity contribution in [1.82, 2.24) is 4.98 Å². The summed E-state index contributed by atoms with van der Waals surface area (Å²) in [4.78, 5) is 30.0. The predicted molar refractivity (Wildman–Crippen MR) is 115 cm³/mol. The lowest BCUT2D eigenvalue weighted by Gasteiger charge is -2.32. The van der Waals surface area contributed by atoms with Gasteiger partial charge in [-0.15, -0.1) is 11.3 Å². The summed E-state index contributed by atoms with van der Waals surface area (Å²) in [5.74, 6) is -2.90. The van der Waals surface area contributed by atoms with E-state index in [1.807, 2.05) is 20.8 Å². The number of carboxylic acid groups (broad SMARTS) is 1. The van der Waals surface area contributed by atoms with Crippen LogP contribution in [-0.4, -0.2) is 16.9 Å². The van der Waals surface area contributed by atoms with E-state index in [4.69, 9.17) is 0 Å². The van der Waals surface area contributed by atoms with Crippen LogP contribution in [-0.2, 0) is 16.0 Å². The van der Waals surface area contributed by atoms with Gasteiger partial charge in [0.25, 0.3) is 0 Å². The highest BCUT2D eigenvalue weighted by Gasteiger charge is 2.34. The number of carbonyl (C=O) groups is 2. The maximum atomic E-state index is 12.9. The number of carbonyl (C=O) groups excluding carboxylic acids is 2. The van der Waals surface area contributed by atoms with Gasteiger partial charge in [-0.05, 0) is 45.6 Å². The summed E-state index contributed by atoms with van der Waals surface area (Å²) in [5.41, 5.74) is 5.26. The maximum Gasteiger partial charge on any atom is 0.230 e. The van der Waals surface area contributed by atoms with Gasteiger partial charge in [-0.1, -0.05) is 48.8 Å². The van der Waals surface area contributed by atoms with Gasteiger partial charge in [-0.25, -0.2) is 4.98 Å². The molecule has 3 rings (SSSR count). The molecule has 29 heavy (non-hydrogen) atoms. The van der Waals surface area contributed by atoms with E-state index < -0.39 is 17.8 Å². The topological polar surface area (TPSA) is 82.1 Å². The molecule has 1 N–H and O–H groups in total. The lowest BCUT2D eigenvalue weighted by molar-refractivity contribution is -0.313. The van der Waals surface area contributed by atoms with Gasteiger partial charge in [-0.2, -0.15) is 0 Å². The van der Waals surface area contributed by atoms with Crippen molar-refractivity contribution in [2.45, 2.75) is 53.4 Å². The number of aromatic nitrogens is 1. The Kier molecular flexibility index (Phi) is 6.52. The van der Waals surface area contributed by atoms with Gasteiger partial charge in [0.2, 0.25) is 5.91 Å². The number of allylic oxidation sites excluding steroid dienone is 2. The minimum Gasteiger partial charge on any atom is -0.550 e. The number of aryl methyl sites for hydroxylation is 2. The molecular formula is C23H27N2O3S-. The van der Waals surface area contributed by atoms with Gasteiger partial charge in [0.1, 0.15) is 0 Å². The quantitative estimate of drug-likeness (QED) is 0.725. The fourth-order valence-electron chi connectivity index (χ4n) is 3.85. The first kappa shape index (κ1) is 21.2. The summed E-state index contributed by atoms with van der Waals surface area (Å²) in [6, 6.07) is 8.34. The second kappa shape index (κ2) is 8.91. The van der Waals surface area contributed by atoms with Crippen LogP contribution in [0.3, 0.4) is 0 Å². The third kappa shape index (κ3) is 4.75. The number of carboxylic acids is 1. The average molecular weight is 412 g/mol. The lowest BCUT2D eigenvalue weighted by Crippen LogP contribution is -2.42. The standard InChI is InChI=1S/C23H28N2O3S/c1-5-6-16-7-9-17(10-8-16)20-15(4)29-23(24-20)25-21(26)18-11-13(2)14(3)12-19(18)22(27)28/h7-10,18-19H,5-6,11-12H2,1-4H3,(H,27,28)(H,24,25,26)/p-1/t18-,19+/m0/s1. The molecule has 154 valence electrons. The van der Waals surface area contributed by atoms with E-state index in [-0.39, 0.29) is 5.91 Å². The Balaban J connectivity index is 1.77. The van der Waals surface area contributed by atoms with Crippen molar-refractivity contribution in [3.63, 3.8) is 0 Å². The molecule has 6 heteroatoms. The second-order valence-electron chi connectivity index (χ2n) is 7.86. The minimum absolute atomic E-state index is 0.301. The summed E-state index contributed by atoms with van der Waals surface area (Å²) in [7, 11) is 0. The van der Waals surface area contributed by atoms with E-state index in [1.54, 1.807) is 0 Å². The van der Waals surface area contributed by atoms with E-state index in [2.05, 4.69) is 41.5 Å². The number of amides is 1. The number of hydrogen-bond donors (Lipinski definition) is 1. The molecule has 1 aromatic carbocycles. The molecule has 0 spiro atoms. The molecule has 1 aliphatic rings. The van der Waals surface area contributed by atoms with Crippen LogP contribution in [0.4, 0.5) is 5.13 Å². The number of hydrogen-bond acceptors (Lipinski definition) is 5. The molecule has 0 unspecified atom stereocenters. The van der Waals surface area contributed by atoms with E-state index in [1.165, 1.54) is 16.9 Å². The van der Waals surface area contributed by atoms with E-state index >= 15 is 0 Å². The van der Waals surface area contributed by atoms with E-state index in [9.17, 15) is 14.7 Å². The Hall–Kier alpha value is -2.47. The zero-order valence-corrected chi connectivity index (χ0v) is 18.2.